The molecule has 0 spiro atoms. The Hall–Kier alpha value is -3.91. The summed E-state index contributed by atoms with van der Waals surface area (Å²) in [6.45, 7) is 4.52. The topological polar surface area (TPSA) is 133 Å². The van der Waals surface area contributed by atoms with Crippen LogP contribution in [-0.4, -0.2) is 54.7 Å². The summed E-state index contributed by atoms with van der Waals surface area (Å²) in [7, 11) is 0. The van der Waals surface area contributed by atoms with Crippen LogP contribution in [0.25, 0.3) is 25.9 Å². The van der Waals surface area contributed by atoms with Crippen molar-refractivity contribution < 1.29 is 19.1 Å². The summed E-state index contributed by atoms with van der Waals surface area (Å²) in [6.07, 6.45) is 11.2. The molecule has 6 aromatic heterocycles. The van der Waals surface area contributed by atoms with Gasteiger partial charge in [0.25, 0.3) is 0 Å². The van der Waals surface area contributed by atoms with Crippen molar-refractivity contribution in [1.29, 1.82) is 0 Å². The first-order chi connectivity index (χ1) is 23.3. The van der Waals surface area contributed by atoms with E-state index in [1.54, 1.807) is 45.9 Å². The molecule has 48 heavy (non-hydrogen) atoms. The highest BCUT2D eigenvalue weighted by molar-refractivity contribution is 7.19. The Morgan fingerprint density at radius 2 is 1.50 bits per heavy atom. The zero-order valence-corrected chi connectivity index (χ0v) is 29.3. The number of aromatic nitrogens is 6. The third-order valence-corrected chi connectivity index (χ3v) is 11.5. The Morgan fingerprint density at radius 3 is 2.15 bits per heavy atom. The third-order valence-electron chi connectivity index (χ3n) is 8.62. The Balaban J connectivity index is 0.000000166. The van der Waals surface area contributed by atoms with Crippen molar-refractivity contribution in [3.8, 4) is 0 Å². The number of hydrogen-bond donors (Lipinski definition) is 1. The molecule has 0 saturated carbocycles. The quantitative estimate of drug-likeness (QED) is 0.137. The lowest BCUT2D eigenvalue weighted by Gasteiger charge is -2.20. The van der Waals surface area contributed by atoms with E-state index in [4.69, 9.17) is 32.7 Å². The number of carbonyl (C=O) groups is 2. The summed E-state index contributed by atoms with van der Waals surface area (Å²) in [5.74, 6) is 0.405. The number of esters is 2. The van der Waals surface area contributed by atoms with Gasteiger partial charge in [-0.2, -0.15) is 5.10 Å². The van der Waals surface area contributed by atoms with Crippen molar-refractivity contribution in [2.24, 2.45) is 11.8 Å². The molecule has 0 unspecified atom stereocenters. The molecule has 1 N–H and O–H groups in total. The van der Waals surface area contributed by atoms with Crippen LogP contribution in [-0.2, 0) is 44.7 Å². The molecule has 0 saturated heterocycles. The number of aryl methyl sites for hydroxylation is 2. The molecule has 248 valence electrons. The highest BCUT2D eigenvalue weighted by Crippen LogP contribution is 2.42. The Kier molecular flexibility index (Phi) is 9.45. The predicted octanol–water partition coefficient (Wildman–Crippen LogP) is 7.42. The van der Waals surface area contributed by atoms with Crippen molar-refractivity contribution >= 4 is 95.3 Å². The van der Waals surface area contributed by atoms with Crippen molar-refractivity contribution in [2.75, 3.05) is 18.5 Å². The van der Waals surface area contributed by atoms with E-state index in [0.29, 0.717) is 29.8 Å². The number of halogens is 2. The van der Waals surface area contributed by atoms with E-state index < -0.39 is 0 Å². The van der Waals surface area contributed by atoms with E-state index in [1.807, 2.05) is 26.0 Å². The van der Waals surface area contributed by atoms with E-state index >= 15 is 0 Å². The van der Waals surface area contributed by atoms with E-state index in [9.17, 15) is 9.59 Å². The van der Waals surface area contributed by atoms with Gasteiger partial charge in [0.2, 0.25) is 0 Å². The predicted molar refractivity (Wildman–Crippen MR) is 188 cm³/mol. The number of fused-ring (bicyclic) bond motifs is 7. The molecule has 0 aromatic carbocycles. The average molecular weight is 725 g/mol. The van der Waals surface area contributed by atoms with Gasteiger partial charge in [0, 0.05) is 22.1 Å². The van der Waals surface area contributed by atoms with Crippen LogP contribution in [0.5, 0.6) is 0 Å². The van der Waals surface area contributed by atoms with Crippen molar-refractivity contribution in [3.63, 3.8) is 0 Å². The normalized spacial score (nSPS) is 17.0. The summed E-state index contributed by atoms with van der Waals surface area (Å²) in [5.41, 5.74) is 4.13. The first kappa shape index (κ1) is 32.6. The lowest BCUT2D eigenvalue weighted by molar-refractivity contribution is -0.149. The third kappa shape index (κ3) is 6.31. The van der Waals surface area contributed by atoms with Crippen molar-refractivity contribution in [3.05, 3.63) is 68.2 Å². The number of anilines is 2. The number of ether oxygens (including phenoxy) is 2. The largest absolute Gasteiger partial charge is 0.466 e. The van der Waals surface area contributed by atoms with Crippen LogP contribution in [0.2, 0.25) is 10.2 Å². The maximum Gasteiger partial charge on any atom is 0.309 e. The van der Waals surface area contributed by atoms with E-state index in [2.05, 4.69) is 30.4 Å². The van der Waals surface area contributed by atoms with Crippen LogP contribution < -0.4 is 5.32 Å². The number of nitrogens with zero attached hydrogens (tertiary/aromatic N) is 6. The molecule has 0 fully saturated rings. The van der Waals surface area contributed by atoms with Gasteiger partial charge >= 0.3 is 11.9 Å². The molecule has 0 radical (unpaired) electrons. The fourth-order valence-corrected chi connectivity index (χ4v) is 9.39. The Bertz CT molecular complexity index is 2160. The van der Waals surface area contributed by atoms with E-state index in [0.717, 1.165) is 69.6 Å². The number of carbonyl (C=O) groups excluding carboxylic acids is 2. The van der Waals surface area contributed by atoms with Gasteiger partial charge in [-0.25, -0.2) is 24.5 Å². The summed E-state index contributed by atoms with van der Waals surface area (Å²) in [6, 6.07) is 3.86. The molecule has 2 atom stereocenters. The second kappa shape index (κ2) is 13.9. The maximum atomic E-state index is 12.2. The van der Waals surface area contributed by atoms with Crippen LogP contribution in [0, 0.1) is 11.8 Å². The van der Waals surface area contributed by atoms with E-state index in [-0.39, 0.29) is 23.8 Å². The molecule has 2 aliphatic carbocycles. The highest BCUT2D eigenvalue weighted by atomic mass is 35.5. The molecule has 0 amide bonds. The maximum absolute atomic E-state index is 12.2. The summed E-state index contributed by atoms with van der Waals surface area (Å²) >= 11 is 15.8. The fourth-order valence-electron chi connectivity index (χ4n) is 6.36. The van der Waals surface area contributed by atoms with Gasteiger partial charge in [-0.1, -0.05) is 23.2 Å². The summed E-state index contributed by atoms with van der Waals surface area (Å²) < 4.78 is 12.1. The molecule has 0 bridgehead atoms. The minimum absolute atomic E-state index is 0.0350. The van der Waals surface area contributed by atoms with Crippen molar-refractivity contribution in [1.82, 2.24) is 29.5 Å². The first-order valence-electron chi connectivity index (χ1n) is 15.7. The monoisotopic (exact) mass is 723 g/mol. The van der Waals surface area contributed by atoms with Crippen LogP contribution in [0.15, 0.2) is 37.2 Å². The lowest BCUT2D eigenvalue weighted by atomic mass is 9.88. The van der Waals surface area contributed by atoms with Gasteiger partial charge in [-0.3, -0.25) is 9.59 Å². The van der Waals surface area contributed by atoms with Gasteiger partial charge in [-0.15, -0.1) is 22.7 Å². The van der Waals surface area contributed by atoms with Crippen LogP contribution >= 0.6 is 45.9 Å². The molecule has 0 aliphatic heterocycles. The molecule has 6 heterocycles. The zero-order chi connectivity index (χ0) is 33.4. The Morgan fingerprint density at radius 1 is 0.896 bits per heavy atom. The average Bonchev–Trinajstić information content (AvgIpc) is 3.80. The van der Waals surface area contributed by atoms with Gasteiger partial charge in [-0.05, 0) is 75.6 Å². The van der Waals surface area contributed by atoms with Gasteiger partial charge < -0.3 is 14.8 Å². The van der Waals surface area contributed by atoms with Gasteiger partial charge in [0.15, 0.2) is 0 Å². The first-order valence-corrected chi connectivity index (χ1v) is 18.1. The van der Waals surface area contributed by atoms with Crippen LogP contribution in [0.1, 0.15) is 47.6 Å². The van der Waals surface area contributed by atoms with E-state index in [1.165, 1.54) is 27.2 Å². The molecular formula is C33H31Cl2N7O4S2. The zero-order valence-electron chi connectivity index (χ0n) is 26.2. The van der Waals surface area contributed by atoms with Gasteiger partial charge in [0.1, 0.15) is 33.3 Å². The molecule has 8 rings (SSSR count). The minimum Gasteiger partial charge on any atom is -0.466 e. The molecule has 11 nitrogen and oxygen atoms in total. The number of nitrogens with one attached hydrogen (secondary N) is 1. The Labute approximate surface area is 293 Å². The summed E-state index contributed by atoms with van der Waals surface area (Å²) in [5, 5.41) is 10.6. The van der Waals surface area contributed by atoms with Crippen LogP contribution in [0.4, 0.5) is 11.5 Å². The minimum atomic E-state index is -0.110. The second-order valence-corrected chi connectivity index (χ2v) is 14.4. The second-order valence-electron chi connectivity index (χ2n) is 11.5. The number of hydrogen-bond acceptors (Lipinski definition) is 12. The fraction of sp³-hybridized carbons (Fsp3) is 0.364. The summed E-state index contributed by atoms with van der Waals surface area (Å²) in [4.78, 5) is 45.5. The van der Waals surface area contributed by atoms with Gasteiger partial charge in [0.05, 0.1) is 52.0 Å². The molecule has 6 aromatic rings. The lowest BCUT2D eigenvalue weighted by Crippen LogP contribution is -2.23. The number of thiophene rings is 2. The smallest absolute Gasteiger partial charge is 0.309 e. The molecule has 2 aliphatic rings. The number of rotatable bonds is 6. The van der Waals surface area contributed by atoms with Crippen LogP contribution in [0.3, 0.4) is 0 Å². The molecule has 15 heteroatoms. The SMILES string of the molecule is CCOC(=O)[C@H]1CCc2c(sc3ncnc(Cl)c23)C1.CCOC(=O)[C@H]1CCc2c(sc3ncnc(Nc4cc5ccnn5cc4Cl)c23)C1. The number of pyridine rings is 1. The highest BCUT2D eigenvalue weighted by Gasteiger charge is 2.31. The van der Waals surface area contributed by atoms with Crippen molar-refractivity contribution in [2.45, 2.75) is 52.4 Å². The molecular weight excluding hydrogens is 693 g/mol. The standard InChI is InChI=1S/C20H18ClN5O2S.C13H13ClN2O2S/c1-2-28-20(27)11-3-4-13-16(7-11)29-19-17(13)18(22-10-23-19)25-15-8-12-5-6-24-26(12)9-14(15)21;1-2-18-13(17)7-3-4-8-9(5-7)19-12-10(8)11(14)15-6-16-12/h5-6,8-11H,2-4,7H2,1H3,(H,22,23,25);6-7H,2-5H2,1H3/t11-;7-/m00/s1.